The number of aliphatic carboxylic acids is 1. The molecule has 26 heavy (non-hydrogen) atoms. The predicted octanol–water partition coefficient (Wildman–Crippen LogP) is 1.35. The third kappa shape index (κ3) is 4.21. The number of hydrogen-bond donors (Lipinski definition) is 2. The molecule has 1 atom stereocenters. The van der Waals surface area contributed by atoms with Crippen LogP contribution < -0.4 is 20.3 Å². The van der Waals surface area contributed by atoms with Gasteiger partial charge in [0.05, 0.1) is 26.7 Å². The summed E-state index contributed by atoms with van der Waals surface area (Å²) in [5.74, 6) is -0.850. The van der Waals surface area contributed by atoms with E-state index in [-0.39, 0.29) is 12.0 Å². The molecule has 0 aliphatic heterocycles. The summed E-state index contributed by atoms with van der Waals surface area (Å²) in [6, 6.07) is 6.97. The second kappa shape index (κ2) is 8.19. The van der Waals surface area contributed by atoms with Gasteiger partial charge in [-0.2, -0.15) is 0 Å². The van der Waals surface area contributed by atoms with Crippen molar-refractivity contribution < 1.29 is 24.2 Å². The van der Waals surface area contributed by atoms with Crippen LogP contribution in [0.3, 0.4) is 0 Å². The van der Waals surface area contributed by atoms with Crippen molar-refractivity contribution in [3.8, 4) is 11.5 Å². The van der Waals surface area contributed by atoms with E-state index in [0.29, 0.717) is 17.1 Å². The molecule has 1 heterocycles. The van der Waals surface area contributed by atoms with Crippen LogP contribution in [0.5, 0.6) is 11.5 Å². The van der Waals surface area contributed by atoms with Crippen molar-refractivity contribution in [3.63, 3.8) is 0 Å². The zero-order valence-corrected chi connectivity index (χ0v) is 14.7. The summed E-state index contributed by atoms with van der Waals surface area (Å²) >= 11 is 0. The van der Waals surface area contributed by atoms with E-state index >= 15 is 0 Å². The van der Waals surface area contributed by atoms with Gasteiger partial charge in [0.1, 0.15) is 5.56 Å². The quantitative estimate of drug-likeness (QED) is 0.772. The van der Waals surface area contributed by atoms with Crippen molar-refractivity contribution in [2.75, 3.05) is 14.2 Å². The zero-order chi connectivity index (χ0) is 19.3. The SMILES string of the molecule is COc1ccc(C(CC(=O)O)NC(=O)c2cccn(C)c2=O)cc1OC. The number of carboxylic acids is 1. The summed E-state index contributed by atoms with van der Waals surface area (Å²) in [7, 11) is 4.47. The second-order valence-corrected chi connectivity index (χ2v) is 5.58. The maximum atomic E-state index is 12.5. The molecule has 1 unspecified atom stereocenters. The number of aryl methyl sites for hydroxylation is 1. The number of aromatic nitrogens is 1. The van der Waals surface area contributed by atoms with Crippen LogP contribution >= 0.6 is 0 Å². The molecular weight excluding hydrogens is 340 g/mol. The molecule has 2 aromatic rings. The standard InChI is InChI=1S/C18H20N2O6/c1-20-8-4-5-12(18(20)24)17(23)19-13(10-16(21)22)11-6-7-14(25-2)15(9-11)26-3/h4-9,13H,10H2,1-3H3,(H,19,23)(H,21,22). The molecule has 0 bridgehead atoms. The van der Waals surface area contributed by atoms with Crippen molar-refractivity contribution >= 4 is 11.9 Å². The first-order valence-electron chi connectivity index (χ1n) is 7.77. The van der Waals surface area contributed by atoms with E-state index < -0.39 is 23.5 Å². The van der Waals surface area contributed by atoms with E-state index in [9.17, 15) is 19.5 Å². The Kier molecular flexibility index (Phi) is 6.00. The van der Waals surface area contributed by atoms with Crippen molar-refractivity contribution in [2.45, 2.75) is 12.5 Å². The summed E-state index contributed by atoms with van der Waals surface area (Å²) in [6.45, 7) is 0. The summed E-state index contributed by atoms with van der Waals surface area (Å²) < 4.78 is 11.7. The molecule has 8 nitrogen and oxygen atoms in total. The average molecular weight is 360 g/mol. The molecule has 2 rings (SSSR count). The van der Waals surface area contributed by atoms with Crippen molar-refractivity contribution in [3.05, 3.63) is 58.0 Å². The lowest BCUT2D eigenvalue weighted by Gasteiger charge is -2.19. The Hall–Kier alpha value is -3.29. The molecule has 1 aromatic heterocycles. The van der Waals surface area contributed by atoms with Gasteiger partial charge in [-0.05, 0) is 29.8 Å². The largest absolute Gasteiger partial charge is 0.493 e. The van der Waals surface area contributed by atoms with E-state index in [1.807, 2.05) is 0 Å². The Labute approximate surface area is 150 Å². The fraction of sp³-hybridized carbons (Fsp3) is 0.278. The molecule has 0 fully saturated rings. The van der Waals surface area contributed by atoms with E-state index in [1.54, 1.807) is 24.3 Å². The number of methoxy groups -OCH3 is 2. The van der Waals surface area contributed by atoms with Crippen LogP contribution in [0.25, 0.3) is 0 Å². The van der Waals surface area contributed by atoms with Gasteiger partial charge >= 0.3 is 5.97 Å². The highest BCUT2D eigenvalue weighted by molar-refractivity contribution is 5.94. The van der Waals surface area contributed by atoms with Gasteiger partial charge in [-0.1, -0.05) is 6.07 Å². The molecule has 0 radical (unpaired) electrons. The number of pyridine rings is 1. The smallest absolute Gasteiger partial charge is 0.305 e. The molecule has 0 saturated carbocycles. The number of hydrogen-bond acceptors (Lipinski definition) is 5. The van der Waals surface area contributed by atoms with Crippen LogP contribution in [0.1, 0.15) is 28.4 Å². The van der Waals surface area contributed by atoms with Crippen molar-refractivity contribution in [1.29, 1.82) is 0 Å². The molecule has 138 valence electrons. The Morgan fingerprint density at radius 1 is 1.19 bits per heavy atom. The highest BCUT2D eigenvalue weighted by Crippen LogP contribution is 2.31. The van der Waals surface area contributed by atoms with Gasteiger partial charge in [0, 0.05) is 13.2 Å². The van der Waals surface area contributed by atoms with Crippen LogP contribution in [0.4, 0.5) is 0 Å². The molecule has 0 aliphatic rings. The molecule has 1 aromatic carbocycles. The molecular formula is C18H20N2O6. The minimum absolute atomic E-state index is 0.0640. The third-order valence-corrected chi connectivity index (χ3v) is 3.86. The van der Waals surface area contributed by atoms with Gasteiger partial charge in [0.25, 0.3) is 11.5 Å². The van der Waals surface area contributed by atoms with Crippen LogP contribution in [-0.4, -0.2) is 35.8 Å². The maximum Gasteiger partial charge on any atom is 0.305 e. The lowest BCUT2D eigenvalue weighted by Crippen LogP contribution is -2.35. The van der Waals surface area contributed by atoms with Crippen LogP contribution in [0.15, 0.2) is 41.3 Å². The van der Waals surface area contributed by atoms with Crippen LogP contribution in [0, 0.1) is 0 Å². The molecule has 0 aliphatic carbocycles. The Balaban J connectivity index is 2.36. The highest BCUT2D eigenvalue weighted by atomic mass is 16.5. The topological polar surface area (TPSA) is 107 Å². The Morgan fingerprint density at radius 2 is 1.88 bits per heavy atom. The zero-order valence-electron chi connectivity index (χ0n) is 14.7. The fourth-order valence-electron chi connectivity index (χ4n) is 2.50. The Bertz CT molecular complexity index is 874. The van der Waals surface area contributed by atoms with Gasteiger partial charge in [-0.25, -0.2) is 0 Å². The van der Waals surface area contributed by atoms with Crippen LogP contribution in [-0.2, 0) is 11.8 Å². The lowest BCUT2D eigenvalue weighted by molar-refractivity contribution is -0.137. The predicted molar refractivity (Wildman–Crippen MR) is 93.7 cm³/mol. The summed E-state index contributed by atoms with van der Waals surface area (Å²) in [5.41, 5.74) is -0.0107. The summed E-state index contributed by atoms with van der Waals surface area (Å²) in [5, 5.41) is 11.8. The average Bonchev–Trinajstić information content (AvgIpc) is 2.62. The number of carbonyl (C=O) groups is 2. The first-order chi connectivity index (χ1) is 12.4. The molecule has 0 spiro atoms. The first-order valence-corrected chi connectivity index (χ1v) is 7.77. The number of nitrogens with one attached hydrogen (secondary N) is 1. The normalized spacial score (nSPS) is 11.5. The molecule has 1 amide bonds. The summed E-state index contributed by atoms with van der Waals surface area (Å²) in [6.07, 6.45) is 1.18. The van der Waals surface area contributed by atoms with Crippen molar-refractivity contribution in [1.82, 2.24) is 9.88 Å². The number of rotatable bonds is 7. The van der Waals surface area contributed by atoms with Crippen LogP contribution in [0.2, 0.25) is 0 Å². The molecule has 2 N–H and O–H groups in total. The number of nitrogens with zero attached hydrogens (tertiary/aromatic N) is 1. The van der Waals surface area contributed by atoms with Gasteiger partial charge in [0.15, 0.2) is 11.5 Å². The number of amides is 1. The van der Waals surface area contributed by atoms with Gasteiger partial charge in [0.2, 0.25) is 0 Å². The third-order valence-electron chi connectivity index (χ3n) is 3.86. The monoisotopic (exact) mass is 360 g/mol. The lowest BCUT2D eigenvalue weighted by atomic mass is 10.0. The number of benzene rings is 1. The fourth-order valence-corrected chi connectivity index (χ4v) is 2.50. The molecule has 0 saturated heterocycles. The van der Waals surface area contributed by atoms with Gasteiger partial charge < -0.3 is 24.5 Å². The van der Waals surface area contributed by atoms with Gasteiger partial charge in [-0.3, -0.25) is 14.4 Å². The highest BCUT2D eigenvalue weighted by Gasteiger charge is 2.22. The Morgan fingerprint density at radius 3 is 2.50 bits per heavy atom. The summed E-state index contributed by atoms with van der Waals surface area (Å²) in [4.78, 5) is 35.8. The van der Waals surface area contributed by atoms with Crippen molar-refractivity contribution in [2.24, 2.45) is 7.05 Å². The minimum Gasteiger partial charge on any atom is -0.493 e. The number of carboxylic acid groups (broad SMARTS) is 1. The second-order valence-electron chi connectivity index (χ2n) is 5.58. The maximum absolute atomic E-state index is 12.5. The number of ether oxygens (including phenoxy) is 2. The minimum atomic E-state index is -1.09. The van der Waals surface area contributed by atoms with E-state index in [4.69, 9.17) is 9.47 Å². The first kappa shape index (κ1) is 19.0. The number of carbonyl (C=O) groups excluding carboxylic acids is 1. The van der Waals surface area contributed by atoms with Gasteiger partial charge in [-0.15, -0.1) is 0 Å². The molecule has 8 heteroatoms. The van der Waals surface area contributed by atoms with E-state index in [0.717, 1.165) is 0 Å². The van der Waals surface area contributed by atoms with E-state index in [1.165, 1.54) is 38.1 Å². The van der Waals surface area contributed by atoms with E-state index in [2.05, 4.69) is 5.32 Å².